The van der Waals surface area contributed by atoms with Gasteiger partial charge in [0.25, 0.3) is 5.56 Å². The molecule has 0 bridgehead atoms. The van der Waals surface area contributed by atoms with Gasteiger partial charge in [-0.3, -0.25) is 10.2 Å². The Labute approximate surface area is 98.8 Å². The molecule has 0 amide bonds. The maximum absolute atomic E-state index is 11.8. The summed E-state index contributed by atoms with van der Waals surface area (Å²) in [6, 6.07) is 5.25. The van der Waals surface area contributed by atoms with Crippen LogP contribution < -0.4 is 5.56 Å². The minimum absolute atomic E-state index is 0.0714. The number of nitrogens with zero attached hydrogens (tertiary/aromatic N) is 3. The van der Waals surface area contributed by atoms with Gasteiger partial charge in [-0.15, -0.1) is 0 Å². The summed E-state index contributed by atoms with van der Waals surface area (Å²) in [5.74, 6) is 0.398. The SMILES string of the molecule is CN(C)C(=N)c1ccc2c(=O)n(C)cnc2c1. The lowest BCUT2D eigenvalue weighted by molar-refractivity contribution is 0.619. The van der Waals surface area contributed by atoms with Crippen molar-refractivity contribution < 1.29 is 0 Å². The molecule has 0 aliphatic rings. The van der Waals surface area contributed by atoms with Crippen molar-refractivity contribution in [2.75, 3.05) is 14.1 Å². The van der Waals surface area contributed by atoms with Crippen molar-refractivity contribution in [3.8, 4) is 0 Å². The molecule has 0 aliphatic carbocycles. The summed E-state index contributed by atoms with van der Waals surface area (Å²) < 4.78 is 1.44. The second kappa shape index (κ2) is 4.01. The first-order valence-electron chi connectivity index (χ1n) is 5.22. The molecule has 0 saturated heterocycles. The number of hydrogen-bond acceptors (Lipinski definition) is 3. The number of benzene rings is 1. The summed E-state index contributed by atoms with van der Waals surface area (Å²) in [6.45, 7) is 0. The molecule has 0 unspecified atom stereocenters. The van der Waals surface area contributed by atoms with Gasteiger partial charge < -0.3 is 9.47 Å². The molecule has 2 aromatic rings. The molecule has 1 aromatic carbocycles. The van der Waals surface area contributed by atoms with Gasteiger partial charge in [0, 0.05) is 26.7 Å². The van der Waals surface area contributed by atoms with Gasteiger partial charge in [0.15, 0.2) is 0 Å². The number of aromatic nitrogens is 2. The first-order chi connectivity index (χ1) is 8.00. The Balaban J connectivity index is 2.64. The van der Waals surface area contributed by atoms with Crippen LogP contribution in [0.3, 0.4) is 0 Å². The minimum Gasteiger partial charge on any atom is -0.363 e. The number of fused-ring (bicyclic) bond motifs is 1. The normalized spacial score (nSPS) is 10.5. The standard InChI is InChI=1S/C12H14N4O/c1-15(2)11(13)8-4-5-9-10(6-8)14-7-16(3)12(9)17/h4-7,13H,1-3H3. The van der Waals surface area contributed by atoms with E-state index in [2.05, 4.69) is 4.98 Å². The van der Waals surface area contributed by atoms with E-state index < -0.39 is 0 Å². The number of nitrogens with one attached hydrogen (secondary N) is 1. The average Bonchev–Trinajstić information content (AvgIpc) is 2.32. The summed E-state index contributed by atoms with van der Waals surface area (Å²) in [4.78, 5) is 17.7. The number of hydrogen-bond donors (Lipinski definition) is 1. The van der Waals surface area contributed by atoms with Crippen LogP contribution in [0.5, 0.6) is 0 Å². The van der Waals surface area contributed by atoms with Crippen LogP contribution in [0.25, 0.3) is 10.9 Å². The van der Waals surface area contributed by atoms with Gasteiger partial charge >= 0.3 is 0 Å². The molecule has 88 valence electrons. The van der Waals surface area contributed by atoms with Gasteiger partial charge in [0.05, 0.1) is 17.2 Å². The summed E-state index contributed by atoms with van der Waals surface area (Å²) in [5.41, 5.74) is 1.30. The molecule has 5 heteroatoms. The second-order valence-electron chi connectivity index (χ2n) is 4.14. The third-order valence-corrected chi connectivity index (χ3v) is 2.64. The highest BCUT2D eigenvalue weighted by Gasteiger charge is 2.07. The third kappa shape index (κ3) is 1.91. The van der Waals surface area contributed by atoms with E-state index >= 15 is 0 Å². The van der Waals surface area contributed by atoms with Crippen LogP contribution in [0.1, 0.15) is 5.56 Å². The molecule has 0 fully saturated rings. The Bertz CT molecular complexity index is 642. The number of rotatable bonds is 1. The minimum atomic E-state index is -0.0714. The van der Waals surface area contributed by atoms with Crippen molar-refractivity contribution in [3.63, 3.8) is 0 Å². The van der Waals surface area contributed by atoms with Crippen molar-refractivity contribution in [2.24, 2.45) is 7.05 Å². The molecule has 1 N–H and O–H groups in total. The Kier molecular flexibility index (Phi) is 2.67. The van der Waals surface area contributed by atoms with E-state index in [9.17, 15) is 4.79 Å². The van der Waals surface area contributed by atoms with Crippen molar-refractivity contribution >= 4 is 16.7 Å². The fourth-order valence-corrected chi connectivity index (χ4v) is 1.62. The molecular formula is C12H14N4O. The van der Waals surface area contributed by atoms with Crippen molar-refractivity contribution in [1.82, 2.24) is 14.5 Å². The van der Waals surface area contributed by atoms with E-state index in [-0.39, 0.29) is 5.56 Å². The molecule has 1 heterocycles. The Morgan fingerprint density at radius 3 is 2.76 bits per heavy atom. The van der Waals surface area contributed by atoms with E-state index in [1.54, 1.807) is 30.1 Å². The van der Waals surface area contributed by atoms with Gasteiger partial charge in [0.1, 0.15) is 5.84 Å². The fourth-order valence-electron chi connectivity index (χ4n) is 1.62. The van der Waals surface area contributed by atoms with Crippen LogP contribution >= 0.6 is 0 Å². The molecule has 0 aliphatic heterocycles. The van der Waals surface area contributed by atoms with E-state index in [1.165, 1.54) is 10.9 Å². The van der Waals surface area contributed by atoms with E-state index in [0.717, 1.165) is 5.56 Å². The maximum Gasteiger partial charge on any atom is 0.260 e. The second-order valence-corrected chi connectivity index (χ2v) is 4.14. The first-order valence-corrected chi connectivity index (χ1v) is 5.22. The van der Waals surface area contributed by atoms with Gasteiger partial charge in [-0.25, -0.2) is 4.98 Å². The van der Waals surface area contributed by atoms with E-state index in [0.29, 0.717) is 16.7 Å². The zero-order valence-electron chi connectivity index (χ0n) is 10.1. The zero-order chi connectivity index (χ0) is 12.6. The van der Waals surface area contributed by atoms with Gasteiger partial charge in [-0.05, 0) is 12.1 Å². The smallest absolute Gasteiger partial charge is 0.260 e. The van der Waals surface area contributed by atoms with Crippen LogP contribution in [0.2, 0.25) is 0 Å². The lowest BCUT2D eigenvalue weighted by Crippen LogP contribution is -2.22. The third-order valence-electron chi connectivity index (χ3n) is 2.64. The lowest BCUT2D eigenvalue weighted by atomic mass is 10.1. The highest BCUT2D eigenvalue weighted by Crippen LogP contribution is 2.11. The number of amidine groups is 1. The number of aryl methyl sites for hydroxylation is 1. The largest absolute Gasteiger partial charge is 0.363 e. The summed E-state index contributed by atoms with van der Waals surface area (Å²) in [5, 5.41) is 8.44. The average molecular weight is 230 g/mol. The van der Waals surface area contributed by atoms with Crippen LogP contribution in [-0.2, 0) is 7.05 Å². The fraction of sp³-hybridized carbons (Fsp3) is 0.250. The van der Waals surface area contributed by atoms with E-state index in [1.807, 2.05) is 14.1 Å². The van der Waals surface area contributed by atoms with Crippen molar-refractivity contribution in [1.29, 1.82) is 5.41 Å². The zero-order valence-corrected chi connectivity index (χ0v) is 10.1. The van der Waals surface area contributed by atoms with Gasteiger partial charge in [-0.1, -0.05) is 6.07 Å². The monoisotopic (exact) mass is 230 g/mol. The summed E-state index contributed by atoms with van der Waals surface area (Å²) in [7, 11) is 5.29. The predicted octanol–water partition coefficient (Wildman–Crippen LogP) is 0.820. The van der Waals surface area contributed by atoms with E-state index in [4.69, 9.17) is 5.41 Å². The van der Waals surface area contributed by atoms with Gasteiger partial charge in [-0.2, -0.15) is 0 Å². The topological polar surface area (TPSA) is 62.0 Å². The van der Waals surface area contributed by atoms with Crippen LogP contribution in [0.4, 0.5) is 0 Å². The van der Waals surface area contributed by atoms with Crippen LogP contribution in [0, 0.1) is 5.41 Å². The lowest BCUT2D eigenvalue weighted by Gasteiger charge is -2.13. The van der Waals surface area contributed by atoms with Crippen molar-refractivity contribution in [3.05, 3.63) is 40.4 Å². The maximum atomic E-state index is 11.8. The molecule has 2 rings (SSSR count). The highest BCUT2D eigenvalue weighted by atomic mass is 16.1. The Morgan fingerprint density at radius 1 is 1.41 bits per heavy atom. The van der Waals surface area contributed by atoms with Crippen LogP contribution in [-0.4, -0.2) is 34.4 Å². The molecule has 0 atom stereocenters. The Morgan fingerprint density at radius 2 is 2.12 bits per heavy atom. The molecular weight excluding hydrogens is 216 g/mol. The first kappa shape index (κ1) is 11.3. The van der Waals surface area contributed by atoms with Gasteiger partial charge in [0.2, 0.25) is 0 Å². The quantitative estimate of drug-likeness (QED) is 0.583. The summed E-state index contributed by atoms with van der Waals surface area (Å²) >= 11 is 0. The highest BCUT2D eigenvalue weighted by molar-refractivity contribution is 5.99. The molecule has 1 aromatic heterocycles. The molecule has 0 spiro atoms. The summed E-state index contributed by atoms with van der Waals surface area (Å²) in [6.07, 6.45) is 1.49. The predicted molar refractivity (Wildman–Crippen MR) is 67.5 cm³/mol. The molecule has 0 radical (unpaired) electrons. The molecule has 0 saturated carbocycles. The molecule has 5 nitrogen and oxygen atoms in total. The van der Waals surface area contributed by atoms with Crippen molar-refractivity contribution in [2.45, 2.75) is 0 Å². The molecule has 17 heavy (non-hydrogen) atoms. The van der Waals surface area contributed by atoms with Crippen LogP contribution in [0.15, 0.2) is 29.3 Å². The Hall–Kier alpha value is -2.17.